The third-order valence-corrected chi connectivity index (χ3v) is 7.99. The van der Waals surface area contributed by atoms with Crippen molar-refractivity contribution in [1.82, 2.24) is 10.6 Å². The van der Waals surface area contributed by atoms with Crippen LogP contribution in [0.5, 0.6) is 17.2 Å². The highest BCUT2D eigenvalue weighted by Gasteiger charge is 2.45. The largest absolute Gasteiger partial charge is 0.488 e. The molecule has 0 aliphatic carbocycles. The molecule has 1 atom stereocenters. The van der Waals surface area contributed by atoms with Crippen LogP contribution in [0.3, 0.4) is 0 Å². The first kappa shape index (κ1) is 38.9. The molecule has 0 aromatic heterocycles. The molecule has 0 aliphatic rings. The van der Waals surface area contributed by atoms with Crippen molar-refractivity contribution in [1.29, 1.82) is 0 Å². The summed E-state index contributed by atoms with van der Waals surface area (Å²) < 4.78 is 29.7. The number of carbonyl (C=O) groups excluding carboxylic acids is 3. The van der Waals surface area contributed by atoms with Gasteiger partial charge in [-0.25, -0.2) is 9.59 Å². The number of hydrogen-bond donors (Lipinski definition) is 2. The van der Waals surface area contributed by atoms with Crippen molar-refractivity contribution in [2.45, 2.75) is 65.2 Å². The fourth-order valence-electron chi connectivity index (χ4n) is 5.47. The Labute approximate surface area is 316 Å². The molecule has 5 aromatic carbocycles. The molecule has 0 bridgehead atoms. The molecule has 10 heteroatoms. The lowest BCUT2D eigenvalue weighted by Gasteiger charge is -2.34. The zero-order valence-corrected chi connectivity index (χ0v) is 31.0. The van der Waals surface area contributed by atoms with Gasteiger partial charge in [0, 0.05) is 6.42 Å². The van der Waals surface area contributed by atoms with Gasteiger partial charge in [0.1, 0.15) is 31.2 Å². The van der Waals surface area contributed by atoms with E-state index in [2.05, 4.69) is 10.6 Å². The lowest BCUT2D eigenvalue weighted by Crippen LogP contribution is -2.67. The molecule has 0 spiro atoms. The van der Waals surface area contributed by atoms with E-state index in [1.54, 1.807) is 70.2 Å². The number of ether oxygens (including phenoxy) is 5. The lowest BCUT2D eigenvalue weighted by atomic mass is 9.97. The zero-order chi connectivity index (χ0) is 38.4. The number of benzene rings is 5. The maximum absolute atomic E-state index is 14.2. The van der Waals surface area contributed by atoms with Crippen LogP contribution in [0, 0.1) is 0 Å². The van der Waals surface area contributed by atoms with Gasteiger partial charge in [-0.15, -0.1) is 0 Å². The summed E-state index contributed by atoms with van der Waals surface area (Å²) in [5.41, 5.74) is 0.418. The highest BCUT2D eigenvalue weighted by molar-refractivity contribution is 6.01. The first-order valence-corrected chi connectivity index (χ1v) is 17.8. The fraction of sp³-hybridized carbons (Fsp3) is 0.250. The molecule has 0 heterocycles. The van der Waals surface area contributed by atoms with Gasteiger partial charge in [-0.1, -0.05) is 109 Å². The Hall–Kier alpha value is -6.29. The molecule has 2 amide bonds. The second-order valence-electron chi connectivity index (χ2n) is 13.5. The summed E-state index contributed by atoms with van der Waals surface area (Å²) >= 11 is 0. The molecule has 54 heavy (non-hydrogen) atoms. The van der Waals surface area contributed by atoms with E-state index >= 15 is 0 Å². The van der Waals surface area contributed by atoms with E-state index in [4.69, 9.17) is 23.7 Å². The number of nitrogens with one attached hydrogen (secondary N) is 2. The second-order valence-corrected chi connectivity index (χ2v) is 13.5. The minimum atomic E-state index is -2.13. The van der Waals surface area contributed by atoms with E-state index in [9.17, 15) is 14.4 Å². The van der Waals surface area contributed by atoms with Crippen LogP contribution in [0.25, 0.3) is 0 Å². The zero-order valence-electron chi connectivity index (χ0n) is 31.0. The molecule has 2 N–H and O–H groups in total. The molecule has 0 radical (unpaired) electrons. The van der Waals surface area contributed by atoms with Crippen molar-refractivity contribution in [3.8, 4) is 17.2 Å². The number of esters is 1. The van der Waals surface area contributed by atoms with E-state index in [1.807, 2.05) is 91.0 Å². The highest BCUT2D eigenvalue weighted by Crippen LogP contribution is 2.32. The predicted molar refractivity (Wildman–Crippen MR) is 205 cm³/mol. The Morgan fingerprint density at radius 2 is 1.06 bits per heavy atom. The maximum Gasteiger partial charge on any atom is 0.409 e. The van der Waals surface area contributed by atoms with Crippen LogP contribution >= 0.6 is 0 Å². The number of para-hydroxylation sites is 1. The summed E-state index contributed by atoms with van der Waals surface area (Å²) in [4.78, 5) is 41.7. The van der Waals surface area contributed by atoms with Crippen molar-refractivity contribution in [2.75, 3.05) is 6.61 Å². The molecule has 0 saturated heterocycles. The fourth-order valence-corrected chi connectivity index (χ4v) is 5.47. The van der Waals surface area contributed by atoms with Crippen molar-refractivity contribution in [3.05, 3.63) is 161 Å². The van der Waals surface area contributed by atoms with Crippen molar-refractivity contribution >= 4 is 18.0 Å². The Balaban J connectivity index is 1.51. The molecule has 280 valence electrons. The minimum Gasteiger partial charge on any atom is -0.488 e. The summed E-state index contributed by atoms with van der Waals surface area (Å²) in [5.74, 6) is -0.443. The Kier molecular flexibility index (Phi) is 13.3. The molecular formula is C44H46N2O8. The summed E-state index contributed by atoms with van der Waals surface area (Å²) in [6.07, 6.45) is -1.18. The van der Waals surface area contributed by atoms with Gasteiger partial charge < -0.3 is 29.0 Å². The number of carbonyl (C=O) groups is 3. The summed E-state index contributed by atoms with van der Waals surface area (Å²) in [7, 11) is 0. The molecule has 0 aliphatic heterocycles. The second kappa shape index (κ2) is 18.5. The van der Waals surface area contributed by atoms with Crippen LogP contribution in [-0.2, 0) is 40.5 Å². The quantitative estimate of drug-likeness (QED) is 0.0771. The van der Waals surface area contributed by atoms with Gasteiger partial charge in [-0.2, -0.15) is 0 Å². The third-order valence-electron chi connectivity index (χ3n) is 7.99. The standard InChI is InChI=1S/C44H46N2O8/c1-5-50-41(48)44(46-42(49)54-43(2,3)4,45-40(47)36-23-15-16-24-37(36)51-29-32-17-9-6-10-18-32)28-35-25-26-38(52-30-33-19-11-7-12-20-33)39(27-35)53-31-34-21-13-8-14-22-34/h6-27H,5,28-31H2,1-4H3,(H,45,47)(H,46,49)/t44-/m0/s1. The van der Waals surface area contributed by atoms with Gasteiger partial charge >= 0.3 is 12.1 Å². The van der Waals surface area contributed by atoms with E-state index in [0.29, 0.717) is 17.1 Å². The normalized spacial score (nSPS) is 12.1. The smallest absolute Gasteiger partial charge is 0.409 e. The van der Waals surface area contributed by atoms with E-state index < -0.39 is 29.2 Å². The Morgan fingerprint density at radius 3 is 1.59 bits per heavy atom. The molecule has 5 rings (SSSR count). The van der Waals surface area contributed by atoms with Crippen LogP contribution in [0.4, 0.5) is 4.79 Å². The first-order chi connectivity index (χ1) is 26.0. The van der Waals surface area contributed by atoms with Crippen molar-refractivity contribution in [2.24, 2.45) is 0 Å². The van der Waals surface area contributed by atoms with Crippen LogP contribution in [0.15, 0.2) is 133 Å². The van der Waals surface area contributed by atoms with E-state index in [1.165, 1.54) is 0 Å². The Morgan fingerprint density at radius 1 is 0.556 bits per heavy atom. The van der Waals surface area contributed by atoms with Crippen molar-refractivity contribution < 1.29 is 38.1 Å². The summed E-state index contributed by atoms with van der Waals surface area (Å²) in [5, 5.41) is 5.45. The van der Waals surface area contributed by atoms with Gasteiger partial charge in [0.05, 0.1) is 12.2 Å². The van der Waals surface area contributed by atoms with Gasteiger partial charge in [0.15, 0.2) is 11.5 Å². The van der Waals surface area contributed by atoms with Gasteiger partial charge in [0.25, 0.3) is 5.91 Å². The predicted octanol–water partition coefficient (Wildman–Crippen LogP) is 8.18. The summed E-state index contributed by atoms with van der Waals surface area (Å²) in [6.45, 7) is 7.43. The van der Waals surface area contributed by atoms with Gasteiger partial charge in [-0.05, 0) is 74.2 Å². The molecule has 5 aromatic rings. The van der Waals surface area contributed by atoms with Gasteiger partial charge in [-0.3, -0.25) is 10.1 Å². The number of hydrogen-bond acceptors (Lipinski definition) is 8. The number of alkyl carbamates (subject to hydrolysis) is 1. The third kappa shape index (κ3) is 11.4. The lowest BCUT2D eigenvalue weighted by molar-refractivity contribution is -0.152. The highest BCUT2D eigenvalue weighted by atomic mass is 16.6. The number of amides is 2. The monoisotopic (exact) mass is 730 g/mol. The molecule has 0 unspecified atom stereocenters. The van der Waals surface area contributed by atoms with Gasteiger partial charge in [0.2, 0.25) is 5.66 Å². The van der Waals surface area contributed by atoms with E-state index in [0.717, 1.165) is 16.7 Å². The first-order valence-electron chi connectivity index (χ1n) is 17.8. The summed E-state index contributed by atoms with van der Waals surface area (Å²) in [6, 6.07) is 40.8. The average Bonchev–Trinajstić information content (AvgIpc) is 3.16. The number of rotatable bonds is 16. The topological polar surface area (TPSA) is 121 Å². The molecule has 0 saturated carbocycles. The van der Waals surface area contributed by atoms with E-state index in [-0.39, 0.29) is 44.2 Å². The van der Waals surface area contributed by atoms with Crippen LogP contribution in [-0.4, -0.2) is 35.8 Å². The van der Waals surface area contributed by atoms with Crippen LogP contribution in [0.1, 0.15) is 60.3 Å². The van der Waals surface area contributed by atoms with Crippen LogP contribution in [0.2, 0.25) is 0 Å². The molecular weight excluding hydrogens is 684 g/mol. The Bertz CT molecular complexity index is 1980. The van der Waals surface area contributed by atoms with Crippen molar-refractivity contribution in [3.63, 3.8) is 0 Å². The SMILES string of the molecule is CCOC(=O)[C@](Cc1ccc(OCc2ccccc2)c(OCc2ccccc2)c1)(NC(=O)OC(C)(C)C)NC(=O)c1ccccc1OCc1ccccc1. The molecule has 0 fully saturated rings. The average molecular weight is 731 g/mol. The maximum atomic E-state index is 14.2. The minimum absolute atomic E-state index is 0.0269. The molecule has 10 nitrogen and oxygen atoms in total. The van der Waals surface area contributed by atoms with Crippen LogP contribution < -0.4 is 24.8 Å².